The molecule has 6 nitrogen and oxygen atoms in total. The number of carbonyl (C=O) groups excluding carboxylic acids is 3. The summed E-state index contributed by atoms with van der Waals surface area (Å²) >= 11 is 5.85. The van der Waals surface area contributed by atoms with Gasteiger partial charge in [0.1, 0.15) is 6.04 Å². The maximum absolute atomic E-state index is 12.6. The lowest BCUT2D eigenvalue weighted by Crippen LogP contribution is -2.46. The summed E-state index contributed by atoms with van der Waals surface area (Å²) in [6.07, 6.45) is 0.648. The van der Waals surface area contributed by atoms with Crippen molar-refractivity contribution < 1.29 is 19.1 Å². The number of amides is 2. The highest BCUT2D eigenvalue weighted by Gasteiger charge is 2.28. The van der Waals surface area contributed by atoms with Gasteiger partial charge >= 0.3 is 5.97 Å². The van der Waals surface area contributed by atoms with Gasteiger partial charge in [-0.05, 0) is 55.2 Å². The van der Waals surface area contributed by atoms with Crippen LogP contribution in [0.15, 0.2) is 42.5 Å². The van der Waals surface area contributed by atoms with Crippen molar-refractivity contribution in [3.8, 4) is 0 Å². The number of para-hydroxylation sites is 1. The van der Waals surface area contributed by atoms with Gasteiger partial charge in [-0.25, -0.2) is 4.79 Å². The Kier molecular flexibility index (Phi) is 8.42. The molecule has 30 heavy (non-hydrogen) atoms. The summed E-state index contributed by atoms with van der Waals surface area (Å²) < 4.78 is 5.21. The van der Waals surface area contributed by atoms with Crippen molar-refractivity contribution in [1.82, 2.24) is 5.32 Å². The first kappa shape index (κ1) is 23.4. The number of benzene rings is 2. The molecule has 7 heteroatoms. The van der Waals surface area contributed by atoms with Crippen molar-refractivity contribution >= 4 is 35.1 Å². The number of anilines is 1. The fourth-order valence-electron chi connectivity index (χ4n) is 2.91. The number of nitrogens with one attached hydrogen (secondary N) is 2. The highest BCUT2D eigenvalue weighted by Crippen LogP contribution is 2.19. The zero-order chi connectivity index (χ0) is 22.3. The van der Waals surface area contributed by atoms with E-state index in [1.54, 1.807) is 24.3 Å². The minimum absolute atomic E-state index is 0.171. The molecule has 0 heterocycles. The molecular weight excluding hydrogens is 404 g/mol. The predicted molar refractivity (Wildman–Crippen MR) is 118 cm³/mol. The Balaban J connectivity index is 2.00. The molecule has 0 spiro atoms. The van der Waals surface area contributed by atoms with E-state index in [2.05, 4.69) is 10.6 Å². The fraction of sp³-hybridized carbons (Fsp3) is 0.348. The van der Waals surface area contributed by atoms with Crippen LogP contribution in [0.3, 0.4) is 0 Å². The molecular formula is C23H27ClN2O4. The lowest BCUT2D eigenvalue weighted by molar-refractivity contribution is -0.150. The molecule has 0 fully saturated rings. The third-order valence-corrected chi connectivity index (χ3v) is 5.20. The Hall–Kier alpha value is -2.86. The molecule has 2 rings (SSSR count). The molecule has 160 valence electrons. The summed E-state index contributed by atoms with van der Waals surface area (Å²) in [5.74, 6) is -1.67. The van der Waals surface area contributed by atoms with Gasteiger partial charge in [0, 0.05) is 16.3 Å². The lowest BCUT2D eigenvalue weighted by atomic mass is 9.99. The molecule has 0 radical (unpaired) electrons. The first-order chi connectivity index (χ1) is 14.2. The second kappa shape index (κ2) is 10.8. The monoisotopic (exact) mass is 430 g/mol. The van der Waals surface area contributed by atoms with E-state index >= 15 is 0 Å². The molecule has 2 unspecified atom stereocenters. The van der Waals surface area contributed by atoms with E-state index in [1.807, 2.05) is 45.9 Å². The molecule has 0 saturated heterocycles. The van der Waals surface area contributed by atoms with Crippen LogP contribution < -0.4 is 10.6 Å². The standard InChI is InChI=1S/C23H27ClN2O4/c1-5-14(2)21(26-22(28)17-9-11-18(24)12-10-17)23(29)30-13-19(27)25-20-15(3)7-6-8-16(20)4/h6-12,14,21H,5,13H2,1-4H3,(H,25,27)(H,26,28). The molecule has 0 aliphatic rings. The zero-order valence-electron chi connectivity index (χ0n) is 17.6. The van der Waals surface area contributed by atoms with Gasteiger partial charge in [-0.2, -0.15) is 0 Å². The Morgan fingerprint density at radius 1 is 1.03 bits per heavy atom. The minimum Gasteiger partial charge on any atom is -0.454 e. The van der Waals surface area contributed by atoms with E-state index in [4.69, 9.17) is 16.3 Å². The van der Waals surface area contributed by atoms with Crippen LogP contribution in [-0.4, -0.2) is 30.4 Å². The number of carbonyl (C=O) groups is 3. The highest BCUT2D eigenvalue weighted by molar-refractivity contribution is 6.30. The molecule has 0 bridgehead atoms. The van der Waals surface area contributed by atoms with Gasteiger partial charge in [0.25, 0.3) is 11.8 Å². The SMILES string of the molecule is CCC(C)C(NC(=O)c1ccc(Cl)cc1)C(=O)OCC(=O)Nc1c(C)cccc1C. The molecule has 0 aliphatic carbocycles. The predicted octanol–water partition coefficient (Wildman–Crippen LogP) is 4.28. The Bertz CT molecular complexity index is 892. The van der Waals surface area contributed by atoms with Crippen LogP contribution in [0.2, 0.25) is 5.02 Å². The number of ether oxygens (including phenoxy) is 1. The van der Waals surface area contributed by atoms with Crippen molar-refractivity contribution in [3.05, 3.63) is 64.2 Å². The molecule has 2 amide bonds. The van der Waals surface area contributed by atoms with Crippen LogP contribution in [-0.2, 0) is 14.3 Å². The molecule has 0 aliphatic heterocycles. The summed E-state index contributed by atoms with van der Waals surface area (Å²) in [6, 6.07) is 11.2. The van der Waals surface area contributed by atoms with Crippen molar-refractivity contribution in [3.63, 3.8) is 0 Å². The van der Waals surface area contributed by atoms with Crippen molar-refractivity contribution in [2.24, 2.45) is 5.92 Å². The van der Waals surface area contributed by atoms with Crippen LogP contribution >= 0.6 is 11.6 Å². The maximum Gasteiger partial charge on any atom is 0.329 e. The molecule has 0 saturated carbocycles. The average Bonchev–Trinajstić information content (AvgIpc) is 2.72. The van der Waals surface area contributed by atoms with Crippen molar-refractivity contribution in [2.75, 3.05) is 11.9 Å². The van der Waals surface area contributed by atoms with E-state index in [1.165, 1.54) is 0 Å². The fourth-order valence-corrected chi connectivity index (χ4v) is 3.03. The van der Waals surface area contributed by atoms with Gasteiger partial charge in [0.15, 0.2) is 6.61 Å². The summed E-state index contributed by atoms with van der Waals surface area (Å²) in [6.45, 7) is 7.09. The number of halogens is 1. The third-order valence-electron chi connectivity index (χ3n) is 4.95. The first-order valence-corrected chi connectivity index (χ1v) is 10.2. The average molecular weight is 431 g/mol. The molecule has 0 aromatic heterocycles. The lowest BCUT2D eigenvalue weighted by Gasteiger charge is -2.22. The van der Waals surface area contributed by atoms with Crippen LogP contribution in [0.25, 0.3) is 0 Å². The Labute approximate surface area is 182 Å². The maximum atomic E-state index is 12.6. The summed E-state index contributed by atoms with van der Waals surface area (Å²) in [7, 11) is 0. The highest BCUT2D eigenvalue weighted by atomic mass is 35.5. The third kappa shape index (κ3) is 6.32. The van der Waals surface area contributed by atoms with Gasteiger partial charge in [0.05, 0.1) is 0 Å². The number of hydrogen-bond acceptors (Lipinski definition) is 4. The molecule has 2 N–H and O–H groups in total. The van der Waals surface area contributed by atoms with Crippen molar-refractivity contribution in [2.45, 2.75) is 40.2 Å². The van der Waals surface area contributed by atoms with Gasteiger partial charge < -0.3 is 15.4 Å². The molecule has 2 atom stereocenters. The van der Waals surface area contributed by atoms with Gasteiger partial charge in [-0.15, -0.1) is 0 Å². The number of esters is 1. The molecule has 2 aromatic rings. The first-order valence-electron chi connectivity index (χ1n) is 9.82. The summed E-state index contributed by atoms with van der Waals surface area (Å²) in [5, 5.41) is 5.99. The number of rotatable bonds is 8. The van der Waals surface area contributed by atoms with Crippen LogP contribution in [0.1, 0.15) is 41.8 Å². The number of hydrogen-bond donors (Lipinski definition) is 2. The summed E-state index contributed by atoms with van der Waals surface area (Å²) in [4.78, 5) is 37.4. The minimum atomic E-state index is -0.869. The van der Waals surface area contributed by atoms with E-state index in [0.717, 1.165) is 11.1 Å². The van der Waals surface area contributed by atoms with Crippen LogP contribution in [0.4, 0.5) is 5.69 Å². The van der Waals surface area contributed by atoms with E-state index in [0.29, 0.717) is 22.7 Å². The van der Waals surface area contributed by atoms with Gasteiger partial charge in [-0.3, -0.25) is 9.59 Å². The topological polar surface area (TPSA) is 84.5 Å². The van der Waals surface area contributed by atoms with Gasteiger partial charge in [-0.1, -0.05) is 50.1 Å². The van der Waals surface area contributed by atoms with E-state index in [-0.39, 0.29) is 5.92 Å². The smallest absolute Gasteiger partial charge is 0.329 e. The second-order valence-corrected chi connectivity index (χ2v) is 7.70. The second-order valence-electron chi connectivity index (χ2n) is 7.27. The van der Waals surface area contributed by atoms with E-state index < -0.39 is 30.4 Å². The van der Waals surface area contributed by atoms with Crippen LogP contribution in [0, 0.1) is 19.8 Å². The van der Waals surface area contributed by atoms with Crippen molar-refractivity contribution in [1.29, 1.82) is 0 Å². The normalized spacial score (nSPS) is 12.6. The van der Waals surface area contributed by atoms with E-state index in [9.17, 15) is 14.4 Å². The zero-order valence-corrected chi connectivity index (χ0v) is 18.4. The largest absolute Gasteiger partial charge is 0.454 e. The van der Waals surface area contributed by atoms with Crippen LogP contribution in [0.5, 0.6) is 0 Å². The van der Waals surface area contributed by atoms with Gasteiger partial charge in [0.2, 0.25) is 0 Å². The summed E-state index contributed by atoms with van der Waals surface area (Å²) in [5.41, 5.74) is 2.92. The quantitative estimate of drug-likeness (QED) is 0.612. The Morgan fingerprint density at radius 3 is 2.20 bits per heavy atom. The molecule has 2 aromatic carbocycles. The number of aryl methyl sites for hydroxylation is 2. The Morgan fingerprint density at radius 2 is 1.63 bits per heavy atom.